The summed E-state index contributed by atoms with van der Waals surface area (Å²) < 4.78 is 6.97. The van der Waals surface area contributed by atoms with Gasteiger partial charge in [0.05, 0.1) is 12.2 Å². The standard InChI is InChI=1S/C21H20N8O2/c30-21(25-18-12-20(23-14-22-18)29-10-3-8-24-29)15-4-1-9-28(13-15)19-7-6-16(26-27-19)17-5-2-11-31-17/h2-3,5-8,10-12,14-15H,1,4,9,13H2,(H,22,23,25,30). The molecule has 1 amide bonds. The summed E-state index contributed by atoms with van der Waals surface area (Å²) >= 11 is 0. The number of amides is 1. The van der Waals surface area contributed by atoms with Crippen LogP contribution in [0, 0.1) is 5.92 Å². The third-order valence-corrected chi connectivity index (χ3v) is 5.18. The monoisotopic (exact) mass is 416 g/mol. The van der Waals surface area contributed by atoms with Crippen LogP contribution in [0.1, 0.15) is 12.8 Å². The van der Waals surface area contributed by atoms with Crippen molar-refractivity contribution in [3.8, 4) is 17.3 Å². The zero-order chi connectivity index (χ0) is 21.0. The van der Waals surface area contributed by atoms with E-state index < -0.39 is 0 Å². The van der Waals surface area contributed by atoms with Crippen LogP contribution in [0.3, 0.4) is 0 Å². The van der Waals surface area contributed by atoms with Gasteiger partial charge in [-0.2, -0.15) is 5.10 Å². The van der Waals surface area contributed by atoms with E-state index in [-0.39, 0.29) is 11.8 Å². The van der Waals surface area contributed by atoms with Crippen molar-refractivity contribution in [2.75, 3.05) is 23.3 Å². The second kappa shape index (κ2) is 8.34. The molecule has 31 heavy (non-hydrogen) atoms. The molecule has 5 heterocycles. The number of aromatic nitrogens is 6. The molecule has 1 aliphatic heterocycles. The summed E-state index contributed by atoms with van der Waals surface area (Å²) in [5.74, 6) is 2.21. The van der Waals surface area contributed by atoms with Crippen LogP contribution >= 0.6 is 0 Å². The van der Waals surface area contributed by atoms with Crippen LogP contribution in [0.5, 0.6) is 0 Å². The molecule has 1 N–H and O–H groups in total. The zero-order valence-electron chi connectivity index (χ0n) is 16.6. The molecule has 4 aromatic rings. The number of hydrogen-bond acceptors (Lipinski definition) is 8. The lowest BCUT2D eigenvalue weighted by atomic mass is 9.97. The quantitative estimate of drug-likeness (QED) is 0.528. The molecule has 10 heteroatoms. The first-order chi connectivity index (χ1) is 15.3. The van der Waals surface area contributed by atoms with Gasteiger partial charge in [-0.05, 0) is 43.2 Å². The number of carbonyl (C=O) groups is 1. The van der Waals surface area contributed by atoms with E-state index in [1.807, 2.05) is 24.3 Å². The summed E-state index contributed by atoms with van der Waals surface area (Å²) in [7, 11) is 0. The number of anilines is 2. The Hall–Kier alpha value is -4.08. The second-order valence-electron chi connectivity index (χ2n) is 7.24. The number of hydrogen-bond donors (Lipinski definition) is 1. The molecule has 0 saturated carbocycles. The van der Waals surface area contributed by atoms with Crippen LogP contribution in [0.15, 0.2) is 65.8 Å². The largest absolute Gasteiger partial charge is 0.463 e. The fraction of sp³-hybridized carbons (Fsp3) is 0.238. The average molecular weight is 416 g/mol. The van der Waals surface area contributed by atoms with Gasteiger partial charge in [0.15, 0.2) is 17.4 Å². The van der Waals surface area contributed by atoms with Gasteiger partial charge in [-0.1, -0.05) is 0 Å². The highest BCUT2D eigenvalue weighted by Crippen LogP contribution is 2.24. The lowest BCUT2D eigenvalue weighted by Crippen LogP contribution is -2.41. The molecule has 0 spiro atoms. The third-order valence-electron chi connectivity index (χ3n) is 5.18. The number of piperidine rings is 1. The maximum atomic E-state index is 12.9. The van der Waals surface area contributed by atoms with Gasteiger partial charge in [0.25, 0.3) is 0 Å². The molecule has 1 atom stereocenters. The van der Waals surface area contributed by atoms with Crippen molar-refractivity contribution in [1.82, 2.24) is 29.9 Å². The first-order valence-electron chi connectivity index (χ1n) is 10.0. The Kier molecular flexibility index (Phi) is 5.09. The van der Waals surface area contributed by atoms with Crippen molar-refractivity contribution >= 4 is 17.5 Å². The Morgan fingerprint density at radius 1 is 1.13 bits per heavy atom. The maximum Gasteiger partial charge on any atom is 0.230 e. The van der Waals surface area contributed by atoms with Gasteiger partial charge in [-0.3, -0.25) is 4.79 Å². The van der Waals surface area contributed by atoms with Gasteiger partial charge >= 0.3 is 0 Å². The smallest absolute Gasteiger partial charge is 0.230 e. The number of nitrogens with zero attached hydrogens (tertiary/aromatic N) is 7. The molecule has 1 aliphatic rings. The molecule has 10 nitrogen and oxygen atoms in total. The Balaban J connectivity index is 1.25. The van der Waals surface area contributed by atoms with Gasteiger partial charge in [0, 0.05) is 31.5 Å². The second-order valence-corrected chi connectivity index (χ2v) is 7.24. The van der Waals surface area contributed by atoms with Gasteiger partial charge < -0.3 is 14.6 Å². The lowest BCUT2D eigenvalue weighted by Gasteiger charge is -2.32. The first kappa shape index (κ1) is 18.9. The van der Waals surface area contributed by atoms with Crippen LogP contribution in [-0.4, -0.2) is 48.9 Å². The Bertz CT molecular complexity index is 1140. The lowest BCUT2D eigenvalue weighted by molar-refractivity contribution is -0.120. The van der Waals surface area contributed by atoms with E-state index in [1.165, 1.54) is 6.33 Å². The highest BCUT2D eigenvalue weighted by molar-refractivity contribution is 5.92. The van der Waals surface area contributed by atoms with Gasteiger partial charge in [-0.15, -0.1) is 10.2 Å². The number of nitrogens with one attached hydrogen (secondary N) is 1. The number of rotatable bonds is 5. The molecule has 1 unspecified atom stereocenters. The fourth-order valence-electron chi connectivity index (χ4n) is 3.62. The van der Waals surface area contributed by atoms with Crippen molar-refractivity contribution < 1.29 is 9.21 Å². The molecule has 156 valence electrons. The van der Waals surface area contributed by atoms with E-state index in [0.717, 1.165) is 25.2 Å². The zero-order valence-corrected chi connectivity index (χ0v) is 16.6. The van der Waals surface area contributed by atoms with Crippen LogP contribution in [0.25, 0.3) is 17.3 Å². The predicted molar refractivity (Wildman–Crippen MR) is 112 cm³/mol. The molecule has 0 aromatic carbocycles. The minimum absolute atomic E-state index is 0.0741. The summed E-state index contributed by atoms with van der Waals surface area (Å²) in [5, 5.41) is 15.6. The molecule has 1 saturated heterocycles. The molecule has 1 fully saturated rings. The van der Waals surface area contributed by atoms with Crippen molar-refractivity contribution in [2.24, 2.45) is 5.92 Å². The summed E-state index contributed by atoms with van der Waals surface area (Å²) in [6.45, 7) is 1.40. The van der Waals surface area contributed by atoms with E-state index in [9.17, 15) is 4.79 Å². The number of carbonyl (C=O) groups excluding carboxylic acids is 1. The Labute approximate surface area is 178 Å². The highest BCUT2D eigenvalue weighted by Gasteiger charge is 2.27. The third kappa shape index (κ3) is 4.13. The van der Waals surface area contributed by atoms with Gasteiger partial charge in [0.2, 0.25) is 5.91 Å². The van der Waals surface area contributed by atoms with E-state index in [4.69, 9.17) is 4.42 Å². The molecular formula is C21H20N8O2. The topological polar surface area (TPSA) is 115 Å². The summed E-state index contributed by atoms with van der Waals surface area (Å²) in [5.41, 5.74) is 0.678. The molecule has 0 radical (unpaired) electrons. The van der Waals surface area contributed by atoms with E-state index in [0.29, 0.717) is 29.6 Å². The molecular weight excluding hydrogens is 396 g/mol. The molecule has 5 rings (SSSR count). The van der Waals surface area contributed by atoms with Crippen LogP contribution < -0.4 is 10.2 Å². The number of furan rings is 1. The van der Waals surface area contributed by atoms with E-state index in [1.54, 1.807) is 35.5 Å². The van der Waals surface area contributed by atoms with Gasteiger partial charge in [0.1, 0.15) is 17.8 Å². The van der Waals surface area contributed by atoms with Gasteiger partial charge in [-0.25, -0.2) is 14.6 Å². The fourth-order valence-corrected chi connectivity index (χ4v) is 3.62. The summed E-state index contributed by atoms with van der Waals surface area (Å²) in [6.07, 6.45) is 8.16. The van der Waals surface area contributed by atoms with Crippen molar-refractivity contribution in [3.63, 3.8) is 0 Å². The normalized spacial score (nSPS) is 16.3. The first-order valence-corrected chi connectivity index (χ1v) is 10.0. The van der Waals surface area contributed by atoms with Crippen LogP contribution in [0.2, 0.25) is 0 Å². The van der Waals surface area contributed by atoms with E-state index >= 15 is 0 Å². The highest BCUT2D eigenvalue weighted by atomic mass is 16.3. The molecule has 0 aliphatic carbocycles. The van der Waals surface area contributed by atoms with Crippen LogP contribution in [-0.2, 0) is 4.79 Å². The van der Waals surface area contributed by atoms with Crippen LogP contribution in [0.4, 0.5) is 11.6 Å². The van der Waals surface area contributed by atoms with Crippen molar-refractivity contribution in [1.29, 1.82) is 0 Å². The predicted octanol–water partition coefficient (Wildman–Crippen LogP) is 2.57. The van der Waals surface area contributed by atoms with Crippen molar-refractivity contribution in [3.05, 3.63) is 61.4 Å². The maximum absolute atomic E-state index is 12.9. The minimum atomic E-state index is -0.177. The summed E-state index contributed by atoms with van der Waals surface area (Å²) in [6, 6.07) is 10.9. The average Bonchev–Trinajstić information content (AvgIpc) is 3.54. The minimum Gasteiger partial charge on any atom is -0.463 e. The van der Waals surface area contributed by atoms with E-state index in [2.05, 4.69) is 35.5 Å². The Morgan fingerprint density at radius 2 is 2.10 bits per heavy atom. The molecule has 4 aromatic heterocycles. The summed E-state index contributed by atoms with van der Waals surface area (Å²) in [4.78, 5) is 23.3. The Morgan fingerprint density at radius 3 is 2.87 bits per heavy atom. The van der Waals surface area contributed by atoms with Crippen molar-refractivity contribution in [2.45, 2.75) is 12.8 Å². The molecule has 0 bridgehead atoms. The SMILES string of the molecule is O=C(Nc1cc(-n2cccn2)ncn1)C1CCCN(c2ccc(-c3ccco3)nn2)C1.